The van der Waals surface area contributed by atoms with Crippen molar-refractivity contribution in [1.82, 2.24) is 0 Å². The van der Waals surface area contributed by atoms with Crippen LogP contribution >= 0.6 is 11.8 Å². The van der Waals surface area contributed by atoms with Crippen LogP contribution in [-0.2, 0) is 0 Å². The van der Waals surface area contributed by atoms with E-state index in [0.717, 1.165) is 5.75 Å². The van der Waals surface area contributed by atoms with Gasteiger partial charge in [0.05, 0.1) is 10.6 Å². The molecule has 0 bridgehead atoms. The topological polar surface area (TPSA) is 12.4 Å². The predicted octanol–water partition coefficient (Wildman–Crippen LogP) is 4.08. The van der Waals surface area contributed by atoms with Crippen LogP contribution in [0.2, 0.25) is 0 Å². The zero-order valence-electron chi connectivity index (χ0n) is 10.4. The van der Waals surface area contributed by atoms with Crippen LogP contribution in [-0.4, -0.2) is 16.3 Å². The molecule has 0 radical (unpaired) electrons. The van der Waals surface area contributed by atoms with Gasteiger partial charge in [0.1, 0.15) is 0 Å². The van der Waals surface area contributed by atoms with E-state index in [1.54, 1.807) is 0 Å². The van der Waals surface area contributed by atoms with Crippen molar-refractivity contribution in [3.05, 3.63) is 35.4 Å². The minimum absolute atomic E-state index is 0.105. The quantitative estimate of drug-likeness (QED) is 0.749. The molecule has 0 unspecified atom stereocenters. The average Bonchev–Trinajstić information content (AvgIpc) is 2.59. The molecule has 0 aliphatic carbocycles. The van der Waals surface area contributed by atoms with Gasteiger partial charge in [-0.2, -0.15) is 0 Å². The van der Waals surface area contributed by atoms with E-state index in [1.807, 2.05) is 11.8 Å². The summed E-state index contributed by atoms with van der Waals surface area (Å²) in [5.41, 5.74) is 2.78. The van der Waals surface area contributed by atoms with Crippen molar-refractivity contribution in [1.29, 1.82) is 0 Å². The third kappa shape index (κ3) is 2.49. The Morgan fingerprint density at radius 2 is 2.06 bits per heavy atom. The Bertz CT molecular complexity index is 418. The van der Waals surface area contributed by atoms with Gasteiger partial charge in [0.2, 0.25) is 0 Å². The molecule has 1 aromatic carbocycles. The summed E-state index contributed by atoms with van der Waals surface area (Å²) >= 11 is 1.87. The van der Waals surface area contributed by atoms with E-state index < -0.39 is 0 Å². The van der Waals surface area contributed by atoms with Gasteiger partial charge in [-0.05, 0) is 31.4 Å². The molecule has 1 aromatic rings. The van der Waals surface area contributed by atoms with Crippen molar-refractivity contribution in [3.63, 3.8) is 0 Å². The molecule has 0 saturated carbocycles. The van der Waals surface area contributed by atoms with Crippen LogP contribution in [0.5, 0.6) is 0 Å². The van der Waals surface area contributed by atoms with Crippen LogP contribution in [0.3, 0.4) is 0 Å². The van der Waals surface area contributed by atoms with E-state index in [4.69, 9.17) is 4.99 Å². The summed E-state index contributed by atoms with van der Waals surface area (Å²) < 4.78 is 0. The Labute approximate surface area is 102 Å². The summed E-state index contributed by atoms with van der Waals surface area (Å²) in [7, 11) is 0. The fourth-order valence-corrected chi connectivity index (χ4v) is 2.92. The van der Waals surface area contributed by atoms with E-state index in [-0.39, 0.29) is 5.54 Å². The Hall–Kier alpha value is -0.760. The SMILES string of the molecule is CC(C)c1cccc(C2=NC(C)(C)CS2)c1. The molecule has 1 nitrogen and oxygen atoms in total. The van der Waals surface area contributed by atoms with Crippen LogP contribution in [0.15, 0.2) is 29.3 Å². The summed E-state index contributed by atoms with van der Waals surface area (Å²) in [4.78, 5) is 4.77. The van der Waals surface area contributed by atoms with Crippen molar-refractivity contribution in [3.8, 4) is 0 Å². The second kappa shape index (κ2) is 4.25. The summed E-state index contributed by atoms with van der Waals surface area (Å²) in [6, 6.07) is 8.77. The third-order valence-electron chi connectivity index (χ3n) is 2.77. The maximum absolute atomic E-state index is 4.77. The van der Waals surface area contributed by atoms with Crippen LogP contribution in [0, 0.1) is 0 Å². The van der Waals surface area contributed by atoms with Crippen LogP contribution in [0.25, 0.3) is 0 Å². The Morgan fingerprint density at radius 3 is 2.62 bits per heavy atom. The zero-order chi connectivity index (χ0) is 11.8. The number of hydrogen-bond donors (Lipinski definition) is 0. The summed E-state index contributed by atoms with van der Waals surface area (Å²) in [6.45, 7) is 8.85. The molecule has 0 amide bonds. The maximum Gasteiger partial charge on any atom is 0.0984 e. The lowest BCUT2D eigenvalue weighted by Crippen LogP contribution is -2.15. The average molecular weight is 233 g/mol. The van der Waals surface area contributed by atoms with Crippen molar-refractivity contribution in [2.45, 2.75) is 39.2 Å². The van der Waals surface area contributed by atoms with Crippen LogP contribution in [0.4, 0.5) is 0 Å². The number of benzene rings is 1. The van der Waals surface area contributed by atoms with Crippen molar-refractivity contribution in [2.75, 3.05) is 5.75 Å². The van der Waals surface area contributed by atoms with Gasteiger partial charge < -0.3 is 0 Å². The van der Waals surface area contributed by atoms with E-state index in [9.17, 15) is 0 Å². The fraction of sp³-hybridized carbons (Fsp3) is 0.500. The number of hydrogen-bond acceptors (Lipinski definition) is 2. The van der Waals surface area contributed by atoms with E-state index in [1.165, 1.54) is 16.2 Å². The smallest absolute Gasteiger partial charge is 0.0984 e. The van der Waals surface area contributed by atoms with Gasteiger partial charge in [-0.3, -0.25) is 4.99 Å². The fourth-order valence-electron chi connectivity index (χ4n) is 1.76. The second-order valence-corrected chi connectivity index (χ2v) is 6.26. The molecule has 86 valence electrons. The van der Waals surface area contributed by atoms with Crippen LogP contribution < -0.4 is 0 Å². The summed E-state index contributed by atoms with van der Waals surface area (Å²) in [5, 5.41) is 1.20. The molecule has 0 aromatic heterocycles. The highest BCUT2D eigenvalue weighted by atomic mass is 32.2. The standard InChI is InChI=1S/C14H19NS/c1-10(2)11-6-5-7-12(8-11)13-15-14(3,4)9-16-13/h5-8,10H,9H2,1-4H3. The highest BCUT2D eigenvalue weighted by Crippen LogP contribution is 2.31. The molecular weight excluding hydrogens is 214 g/mol. The highest BCUT2D eigenvalue weighted by molar-refractivity contribution is 8.14. The first-order valence-electron chi connectivity index (χ1n) is 5.81. The number of thioether (sulfide) groups is 1. The molecule has 0 atom stereocenters. The van der Waals surface area contributed by atoms with Crippen molar-refractivity contribution in [2.24, 2.45) is 4.99 Å². The molecule has 0 saturated heterocycles. The Balaban J connectivity index is 2.32. The molecule has 1 heterocycles. The first-order chi connectivity index (χ1) is 7.48. The first kappa shape index (κ1) is 11.7. The molecule has 16 heavy (non-hydrogen) atoms. The van der Waals surface area contributed by atoms with Gasteiger partial charge >= 0.3 is 0 Å². The summed E-state index contributed by atoms with van der Waals surface area (Å²) in [6.07, 6.45) is 0. The monoisotopic (exact) mass is 233 g/mol. The Morgan fingerprint density at radius 1 is 1.31 bits per heavy atom. The number of rotatable bonds is 2. The van der Waals surface area contributed by atoms with Gasteiger partial charge in [0.15, 0.2) is 0 Å². The predicted molar refractivity (Wildman–Crippen MR) is 73.6 cm³/mol. The maximum atomic E-state index is 4.77. The minimum Gasteiger partial charge on any atom is -0.271 e. The second-order valence-electron chi connectivity index (χ2n) is 5.30. The van der Waals surface area contributed by atoms with Crippen LogP contribution in [0.1, 0.15) is 44.7 Å². The van der Waals surface area contributed by atoms with Gasteiger partial charge in [-0.15, -0.1) is 11.8 Å². The molecule has 2 rings (SSSR count). The highest BCUT2D eigenvalue weighted by Gasteiger charge is 2.25. The number of aliphatic imine (C=N–C) groups is 1. The normalized spacial score (nSPS) is 18.9. The lowest BCUT2D eigenvalue weighted by Gasteiger charge is -2.10. The zero-order valence-corrected chi connectivity index (χ0v) is 11.3. The largest absolute Gasteiger partial charge is 0.271 e. The molecular formula is C14H19NS. The molecule has 0 spiro atoms. The molecule has 1 aliphatic heterocycles. The minimum atomic E-state index is 0.105. The lowest BCUT2D eigenvalue weighted by molar-refractivity contribution is 0.605. The molecule has 0 N–H and O–H groups in total. The van der Waals surface area contributed by atoms with Crippen molar-refractivity contribution < 1.29 is 0 Å². The van der Waals surface area contributed by atoms with Gasteiger partial charge in [0.25, 0.3) is 0 Å². The van der Waals surface area contributed by atoms with E-state index >= 15 is 0 Å². The van der Waals surface area contributed by atoms with E-state index in [2.05, 4.69) is 52.0 Å². The summed E-state index contributed by atoms with van der Waals surface area (Å²) in [5.74, 6) is 1.67. The molecule has 0 fully saturated rings. The molecule has 2 heteroatoms. The Kier molecular flexibility index (Phi) is 3.11. The van der Waals surface area contributed by atoms with E-state index in [0.29, 0.717) is 5.92 Å². The van der Waals surface area contributed by atoms with Crippen molar-refractivity contribution >= 4 is 16.8 Å². The van der Waals surface area contributed by atoms with Gasteiger partial charge in [-0.25, -0.2) is 0 Å². The lowest BCUT2D eigenvalue weighted by atomic mass is 10.0. The van der Waals surface area contributed by atoms with Gasteiger partial charge in [-0.1, -0.05) is 32.0 Å². The van der Waals surface area contributed by atoms with Gasteiger partial charge in [0, 0.05) is 11.3 Å². The molecule has 1 aliphatic rings. The first-order valence-corrected chi connectivity index (χ1v) is 6.79. The number of nitrogens with zero attached hydrogens (tertiary/aromatic N) is 1. The third-order valence-corrected chi connectivity index (χ3v) is 4.22.